The van der Waals surface area contributed by atoms with Crippen molar-refractivity contribution in [3.63, 3.8) is 0 Å². The lowest BCUT2D eigenvalue weighted by Gasteiger charge is -2.15. The average molecular weight is 273 g/mol. The highest BCUT2D eigenvalue weighted by atomic mass is 19.4. The molecule has 1 aromatic rings. The Morgan fingerprint density at radius 3 is 2.39 bits per heavy atom. The minimum Gasteiger partial charge on any atom is -0.491 e. The summed E-state index contributed by atoms with van der Waals surface area (Å²) in [5.41, 5.74) is -1.22. The quantitative estimate of drug-likeness (QED) is 0.856. The molecule has 0 atom stereocenters. The van der Waals surface area contributed by atoms with Crippen LogP contribution in [0.15, 0.2) is 6.07 Å². The molecule has 0 aromatic carbocycles. The number of alkyl halides is 5. The zero-order valence-electron chi connectivity index (χ0n) is 8.96. The minimum atomic E-state index is -5.10. The molecule has 1 rings (SSSR count). The summed E-state index contributed by atoms with van der Waals surface area (Å²) >= 11 is 0. The van der Waals surface area contributed by atoms with Gasteiger partial charge in [-0.1, -0.05) is 0 Å². The van der Waals surface area contributed by atoms with Crippen LogP contribution in [0.25, 0.3) is 0 Å². The highest BCUT2D eigenvalue weighted by molar-refractivity contribution is 5.44. The maximum Gasteiger partial charge on any atom is 0.574 e. The minimum absolute atomic E-state index is 0.384. The van der Waals surface area contributed by atoms with Crippen LogP contribution >= 0.6 is 0 Å². The van der Waals surface area contributed by atoms with Gasteiger partial charge < -0.3 is 14.6 Å². The summed E-state index contributed by atoms with van der Waals surface area (Å²) in [6, 6.07) is 0.743. The average Bonchev–Trinajstić information content (AvgIpc) is 2.25. The van der Waals surface area contributed by atoms with E-state index in [-0.39, 0.29) is 5.69 Å². The number of hydrogen-bond acceptors (Lipinski definition) is 4. The van der Waals surface area contributed by atoms with Crippen molar-refractivity contribution in [3.05, 3.63) is 17.3 Å². The Balaban J connectivity index is 3.33. The van der Waals surface area contributed by atoms with Crippen molar-refractivity contribution >= 4 is 0 Å². The molecule has 0 amide bonds. The molecule has 102 valence electrons. The van der Waals surface area contributed by atoms with Gasteiger partial charge in [0.05, 0.1) is 25.0 Å². The monoisotopic (exact) mass is 273 g/mol. The van der Waals surface area contributed by atoms with Gasteiger partial charge in [0.2, 0.25) is 0 Å². The van der Waals surface area contributed by atoms with Crippen LogP contribution in [0.4, 0.5) is 22.0 Å². The fourth-order valence-corrected chi connectivity index (χ4v) is 1.21. The summed E-state index contributed by atoms with van der Waals surface area (Å²) in [5, 5.41) is 8.75. The number of rotatable bonds is 4. The van der Waals surface area contributed by atoms with E-state index in [0.29, 0.717) is 0 Å². The smallest absolute Gasteiger partial charge is 0.491 e. The van der Waals surface area contributed by atoms with Gasteiger partial charge in [-0.3, -0.25) is 0 Å². The molecule has 0 saturated heterocycles. The van der Waals surface area contributed by atoms with Crippen molar-refractivity contribution in [1.82, 2.24) is 4.98 Å². The van der Waals surface area contributed by atoms with E-state index in [1.807, 2.05) is 0 Å². The van der Waals surface area contributed by atoms with Crippen molar-refractivity contribution in [2.24, 2.45) is 0 Å². The van der Waals surface area contributed by atoms with Crippen molar-refractivity contribution in [3.8, 4) is 11.6 Å². The van der Waals surface area contributed by atoms with Crippen LogP contribution in [0.3, 0.4) is 0 Å². The Kier molecular flexibility index (Phi) is 4.28. The summed E-state index contributed by atoms with van der Waals surface area (Å²) < 4.78 is 69.3. The Hall–Kier alpha value is -1.64. The first kappa shape index (κ1) is 14.4. The second-order valence-corrected chi connectivity index (χ2v) is 3.05. The first-order valence-corrected chi connectivity index (χ1v) is 4.51. The van der Waals surface area contributed by atoms with Gasteiger partial charge in [0.15, 0.2) is 5.75 Å². The molecule has 9 heteroatoms. The zero-order valence-corrected chi connectivity index (χ0v) is 8.96. The topological polar surface area (TPSA) is 51.6 Å². The van der Waals surface area contributed by atoms with Crippen LogP contribution in [0.5, 0.6) is 11.6 Å². The number of aliphatic hydroxyl groups excluding tert-OH is 1. The van der Waals surface area contributed by atoms with Gasteiger partial charge in [-0.15, -0.1) is 13.2 Å². The molecule has 0 aliphatic rings. The third-order valence-corrected chi connectivity index (χ3v) is 1.84. The standard InChI is InChI=1S/C9H8F5NO3/c1-17-6-5(7(10)11)2-4(3-16)15-8(6)18-9(12,13)14/h2,7,16H,3H2,1H3. The van der Waals surface area contributed by atoms with Gasteiger partial charge >= 0.3 is 6.36 Å². The predicted octanol–water partition coefficient (Wildman–Crippen LogP) is 2.42. The molecule has 1 N–H and O–H groups in total. The van der Waals surface area contributed by atoms with Crippen LogP contribution in [-0.4, -0.2) is 23.6 Å². The van der Waals surface area contributed by atoms with E-state index in [1.165, 1.54) is 0 Å². The summed E-state index contributed by atoms with van der Waals surface area (Å²) in [4.78, 5) is 3.24. The number of methoxy groups -OCH3 is 1. The van der Waals surface area contributed by atoms with Crippen molar-refractivity contribution in [2.75, 3.05) is 7.11 Å². The highest BCUT2D eigenvalue weighted by Gasteiger charge is 2.35. The number of ether oxygens (including phenoxy) is 2. The third kappa shape index (κ3) is 3.42. The number of pyridine rings is 1. The molecule has 0 aliphatic heterocycles. The first-order valence-electron chi connectivity index (χ1n) is 4.51. The number of nitrogens with zero attached hydrogens (tertiary/aromatic N) is 1. The molecule has 0 radical (unpaired) electrons. The fourth-order valence-electron chi connectivity index (χ4n) is 1.21. The number of halogens is 5. The van der Waals surface area contributed by atoms with Gasteiger partial charge in [-0.25, -0.2) is 13.8 Å². The summed E-state index contributed by atoms with van der Waals surface area (Å²) in [6.45, 7) is -0.808. The van der Waals surface area contributed by atoms with E-state index in [4.69, 9.17) is 5.11 Å². The summed E-state index contributed by atoms with van der Waals surface area (Å²) in [6.07, 6.45) is -8.20. The molecule has 0 fully saturated rings. The van der Waals surface area contributed by atoms with E-state index >= 15 is 0 Å². The van der Waals surface area contributed by atoms with E-state index in [2.05, 4.69) is 14.5 Å². The molecule has 0 aliphatic carbocycles. The lowest BCUT2D eigenvalue weighted by atomic mass is 10.2. The predicted molar refractivity (Wildman–Crippen MR) is 48.4 cm³/mol. The zero-order chi connectivity index (χ0) is 13.9. The van der Waals surface area contributed by atoms with Crippen LogP contribution in [0.2, 0.25) is 0 Å². The van der Waals surface area contributed by atoms with Crippen LogP contribution < -0.4 is 9.47 Å². The second-order valence-electron chi connectivity index (χ2n) is 3.05. The van der Waals surface area contributed by atoms with Crippen molar-refractivity contribution in [1.29, 1.82) is 0 Å². The molecule has 0 saturated carbocycles. The van der Waals surface area contributed by atoms with Gasteiger partial charge in [0, 0.05) is 0 Å². The van der Waals surface area contributed by atoms with Crippen molar-refractivity contribution in [2.45, 2.75) is 19.4 Å². The van der Waals surface area contributed by atoms with Gasteiger partial charge in [0.25, 0.3) is 12.3 Å². The maximum absolute atomic E-state index is 12.6. The first-order chi connectivity index (χ1) is 8.28. The Morgan fingerprint density at radius 2 is 2.00 bits per heavy atom. The normalized spacial score (nSPS) is 11.8. The highest BCUT2D eigenvalue weighted by Crippen LogP contribution is 2.38. The SMILES string of the molecule is COc1c(C(F)F)cc(CO)nc1OC(F)(F)F. The Morgan fingerprint density at radius 1 is 1.39 bits per heavy atom. The molecule has 4 nitrogen and oxygen atoms in total. The second kappa shape index (κ2) is 5.34. The largest absolute Gasteiger partial charge is 0.574 e. The van der Waals surface area contributed by atoms with Crippen LogP contribution in [0, 0.1) is 0 Å². The molecular weight excluding hydrogens is 265 g/mol. The fraction of sp³-hybridized carbons (Fsp3) is 0.444. The molecule has 1 aromatic heterocycles. The lowest BCUT2D eigenvalue weighted by molar-refractivity contribution is -0.276. The van der Waals surface area contributed by atoms with Crippen molar-refractivity contribution < 1.29 is 36.5 Å². The molecular formula is C9H8F5NO3. The van der Waals surface area contributed by atoms with Crippen LogP contribution in [0.1, 0.15) is 17.7 Å². The molecule has 1 heterocycles. The maximum atomic E-state index is 12.6. The Labute approximate surface area is 98.0 Å². The molecule has 18 heavy (non-hydrogen) atoms. The van der Waals surface area contributed by atoms with E-state index < -0.39 is 36.6 Å². The summed E-state index contributed by atoms with van der Waals surface area (Å²) in [7, 11) is 0.907. The lowest BCUT2D eigenvalue weighted by Crippen LogP contribution is -2.19. The molecule has 0 unspecified atom stereocenters. The van der Waals surface area contributed by atoms with Crippen LogP contribution in [-0.2, 0) is 6.61 Å². The van der Waals surface area contributed by atoms with E-state index in [0.717, 1.165) is 13.2 Å². The number of aromatic nitrogens is 1. The molecule has 0 spiro atoms. The van der Waals surface area contributed by atoms with Gasteiger partial charge in [0.1, 0.15) is 0 Å². The number of aliphatic hydroxyl groups is 1. The summed E-state index contributed by atoms with van der Waals surface area (Å²) in [5.74, 6) is -1.98. The van der Waals surface area contributed by atoms with E-state index in [1.54, 1.807) is 0 Å². The Bertz CT molecular complexity index is 421. The van der Waals surface area contributed by atoms with Gasteiger partial charge in [-0.2, -0.15) is 0 Å². The molecule has 0 bridgehead atoms. The number of hydrogen-bond donors (Lipinski definition) is 1. The van der Waals surface area contributed by atoms with Gasteiger partial charge in [-0.05, 0) is 6.07 Å². The van der Waals surface area contributed by atoms with E-state index in [9.17, 15) is 22.0 Å². The third-order valence-electron chi connectivity index (χ3n) is 1.84.